The van der Waals surface area contributed by atoms with Crippen LogP contribution < -0.4 is 5.32 Å². The van der Waals surface area contributed by atoms with Gasteiger partial charge in [-0.1, -0.05) is 39.5 Å². The number of halogens is 1. The zero-order valence-corrected chi connectivity index (χ0v) is 10.1. The number of amides is 1. The summed E-state index contributed by atoms with van der Waals surface area (Å²) in [5.74, 6) is 0.827. The van der Waals surface area contributed by atoms with Crippen LogP contribution in [0.15, 0.2) is 0 Å². The molecular formula is C11H22ClNO. The van der Waals surface area contributed by atoms with Crippen molar-refractivity contribution < 1.29 is 4.79 Å². The van der Waals surface area contributed by atoms with Gasteiger partial charge in [0.25, 0.3) is 0 Å². The Morgan fingerprint density at radius 1 is 1.21 bits per heavy atom. The van der Waals surface area contributed by atoms with Crippen LogP contribution in [0.25, 0.3) is 0 Å². The second kappa shape index (κ2) is 9.32. The molecule has 0 aliphatic carbocycles. The number of hydrogen-bond acceptors (Lipinski definition) is 1. The Labute approximate surface area is 92.4 Å². The maximum absolute atomic E-state index is 10.7. The molecule has 0 aromatic rings. The zero-order chi connectivity index (χ0) is 10.8. The van der Waals surface area contributed by atoms with Gasteiger partial charge in [-0.2, -0.15) is 0 Å². The Balaban J connectivity index is 3.03. The second-order valence-corrected chi connectivity index (χ2v) is 4.35. The van der Waals surface area contributed by atoms with Gasteiger partial charge in [0.1, 0.15) is 5.88 Å². The third-order valence-electron chi connectivity index (χ3n) is 2.15. The molecule has 0 aromatic carbocycles. The van der Waals surface area contributed by atoms with E-state index in [0.29, 0.717) is 0 Å². The predicted octanol–water partition coefficient (Wildman–Crippen LogP) is 2.95. The molecule has 0 saturated heterocycles. The SMILES string of the molecule is CC(C)CCCCCCNC(=O)CCl. The van der Waals surface area contributed by atoms with Gasteiger partial charge in [0.15, 0.2) is 0 Å². The molecule has 0 aliphatic heterocycles. The lowest BCUT2D eigenvalue weighted by atomic mass is 10.0. The minimum atomic E-state index is -0.0613. The fourth-order valence-electron chi connectivity index (χ4n) is 1.31. The van der Waals surface area contributed by atoms with Crippen LogP contribution in [0.2, 0.25) is 0 Å². The van der Waals surface area contributed by atoms with Crippen molar-refractivity contribution in [2.45, 2.75) is 46.0 Å². The summed E-state index contributed by atoms with van der Waals surface area (Å²) >= 11 is 5.34. The molecule has 0 atom stereocenters. The first-order valence-electron chi connectivity index (χ1n) is 5.49. The van der Waals surface area contributed by atoms with E-state index in [2.05, 4.69) is 19.2 Å². The molecule has 0 fully saturated rings. The van der Waals surface area contributed by atoms with E-state index in [4.69, 9.17) is 11.6 Å². The number of nitrogens with one attached hydrogen (secondary N) is 1. The summed E-state index contributed by atoms with van der Waals surface area (Å²) in [5.41, 5.74) is 0. The fraction of sp³-hybridized carbons (Fsp3) is 0.909. The molecule has 0 heterocycles. The van der Waals surface area contributed by atoms with E-state index in [0.717, 1.165) is 18.9 Å². The third-order valence-corrected chi connectivity index (χ3v) is 2.39. The lowest BCUT2D eigenvalue weighted by Crippen LogP contribution is -2.25. The first-order valence-corrected chi connectivity index (χ1v) is 6.03. The maximum Gasteiger partial charge on any atom is 0.234 e. The summed E-state index contributed by atoms with van der Waals surface area (Å²) in [6.45, 7) is 5.27. The summed E-state index contributed by atoms with van der Waals surface area (Å²) in [7, 11) is 0. The van der Waals surface area contributed by atoms with Crippen LogP contribution in [0.1, 0.15) is 46.0 Å². The summed E-state index contributed by atoms with van der Waals surface area (Å²) < 4.78 is 0. The van der Waals surface area contributed by atoms with Gasteiger partial charge in [-0.15, -0.1) is 11.6 Å². The van der Waals surface area contributed by atoms with E-state index in [9.17, 15) is 4.79 Å². The number of rotatable bonds is 8. The second-order valence-electron chi connectivity index (χ2n) is 4.08. The van der Waals surface area contributed by atoms with Crippen molar-refractivity contribution >= 4 is 17.5 Å². The van der Waals surface area contributed by atoms with Crippen molar-refractivity contribution in [3.63, 3.8) is 0 Å². The lowest BCUT2D eigenvalue weighted by molar-refractivity contribution is -0.118. The molecule has 0 saturated carbocycles. The van der Waals surface area contributed by atoms with E-state index in [1.54, 1.807) is 0 Å². The van der Waals surface area contributed by atoms with Gasteiger partial charge in [-0.3, -0.25) is 4.79 Å². The maximum atomic E-state index is 10.7. The van der Waals surface area contributed by atoms with E-state index in [1.165, 1.54) is 25.7 Å². The van der Waals surface area contributed by atoms with Crippen LogP contribution in [0, 0.1) is 5.92 Å². The van der Waals surface area contributed by atoms with Crippen molar-refractivity contribution in [3.05, 3.63) is 0 Å². The number of hydrogen-bond donors (Lipinski definition) is 1. The topological polar surface area (TPSA) is 29.1 Å². The minimum Gasteiger partial charge on any atom is -0.355 e. The zero-order valence-electron chi connectivity index (χ0n) is 9.31. The molecule has 2 nitrogen and oxygen atoms in total. The molecule has 84 valence electrons. The molecular weight excluding hydrogens is 198 g/mol. The standard InChI is InChI=1S/C11H22ClNO/c1-10(2)7-5-3-4-6-8-13-11(14)9-12/h10H,3-9H2,1-2H3,(H,13,14). The van der Waals surface area contributed by atoms with Gasteiger partial charge in [0.2, 0.25) is 5.91 Å². The summed E-state index contributed by atoms with van der Waals surface area (Å²) in [4.78, 5) is 10.7. The van der Waals surface area contributed by atoms with Gasteiger partial charge in [0, 0.05) is 6.54 Å². The Morgan fingerprint density at radius 2 is 1.86 bits per heavy atom. The molecule has 1 amide bonds. The molecule has 1 N–H and O–H groups in total. The minimum absolute atomic E-state index is 0.0613. The molecule has 0 rings (SSSR count). The highest BCUT2D eigenvalue weighted by Gasteiger charge is 1.97. The molecule has 0 radical (unpaired) electrons. The summed E-state index contributed by atoms with van der Waals surface area (Å²) in [5, 5.41) is 2.76. The van der Waals surface area contributed by atoms with Crippen LogP contribution in [-0.4, -0.2) is 18.3 Å². The highest BCUT2D eigenvalue weighted by atomic mass is 35.5. The molecule has 0 unspecified atom stereocenters. The van der Waals surface area contributed by atoms with E-state index in [1.807, 2.05) is 0 Å². The van der Waals surface area contributed by atoms with Crippen molar-refractivity contribution in [1.82, 2.24) is 5.32 Å². The van der Waals surface area contributed by atoms with Gasteiger partial charge in [0.05, 0.1) is 0 Å². The van der Waals surface area contributed by atoms with Crippen LogP contribution in [0.3, 0.4) is 0 Å². The Kier molecular flexibility index (Phi) is 9.16. The molecule has 14 heavy (non-hydrogen) atoms. The van der Waals surface area contributed by atoms with Gasteiger partial charge in [-0.05, 0) is 12.3 Å². The molecule has 3 heteroatoms. The smallest absolute Gasteiger partial charge is 0.234 e. The molecule has 0 aliphatic rings. The summed E-state index contributed by atoms with van der Waals surface area (Å²) in [6.07, 6.45) is 6.17. The molecule has 0 bridgehead atoms. The van der Waals surface area contributed by atoms with Crippen molar-refractivity contribution in [2.75, 3.05) is 12.4 Å². The van der Waals surface area contributed by atoms with Gasteiger partial charge < -0.3 is 5.32 Å². The number of unbranched alkanes of at least 4 members (excludes halogenated alkanes) is 3. The highest BCUT2D eigenvalue weighted by molar-refractivity contribution is 6.27. The largest absolute Gasteiger partial charge is 0.355 e. The van der Waals surface area contributed by atoms with Crippen molar-refractivity contribution in [1.29, 1.82) is 0 Å². The first kappa shape index (κ1) is 13.8. The molecule has 0 aromatic heterocycles. The molecule has 0 spiro atoms. The Morgan fingerprint density at radius 3 is 2.43 bits per heavy atom. The monoisotopic (exact) mass is 219 g/mol. The fourth-order valence-corrected chi connectivity index (χ4v) is 1.40. The first-order chi connectivity index (χ1) is 6.66. The normalized spacial score (nSPS) is 10.6. The summed E-state index contributed by atoms with van der Waals surface area (Å²) in [6, 6.07) is 0. The third kappa shape index (κ3) is 9.85. The van der Waals surface area contributed by atoms with E-state index < -0.39 is 0 Å². The van der Waals surface area contributed by atoms with Crippen LogP contribution in [0.4, 0.5) is 0 Å². The average molecular weight is 220 g/mol. The van der Waals surface area contributed by atoms with Crippen molar-refractivity contribution in [3.8, 4) is 0 Å². The quantitative estimate of drug-likeness (QED) is 0.494. The van der Waals surface area contributed by atoms with Crippen LogP contribution in [0.5, 0.6) is 0 Å². The van der Waals surface area contributed by atoms with E-state index >= 15 is 0 Å². The lowest BCUT2D eigenvalue weighted by Gasteiger charge is -2.04. The Hall–Kier alpha value is -0.240. The average Bonchev–Trinajstić information content (AvgIpc) is 2.15. The number of alkyl halides is 1. The van der Waals surface area contributed by atoms with Gasteiger partial charge >= 0.3 is 0 Å². The predicted molar refractivity (Wildman–Crippen MR) is 61.7 cm³/mol. The Bertz CT molecular complexity index is 148. The van der Waals surface area contributed by atoms with Crippen molar-refractivity contribution in [2.24, 2.45) is 5.92 Å². The number of carbonyl (C=O) groups is 1. The van der Waals surface area contributed by atoms with Crippen LogP contribution in [-0.2, 0) is 4.79 Å². The van der Waals surface area contributed by atoms with Gasteiger partial charge in [-0.25, -0.2) is 0 Å². The van der Waals surface area contributed by atoms with Crippen LogP contribution >= 0.6 is 11.6 Å². The highest BCUT2D eigenvalue weighted by Crippen LogP contribution is 2.08. The number of carbonyl (C=O) groups excluding carboxylic acids is 1. The van der Waals surface area contributed by atoms with E-state index in [-0.39, 0.29) is 11.8 Å².